The summed E-state index contributed by atoms with van der Waals surface area (Å²) in [4.78, 5) is 11.2. The van der Waals surface area contributed by atoms with Crippen molar-refractivity contribution in [2.45, 2.75) is 71.1 Å². The third-order valence-corrected chi connectivity index (χ3v) is 6.39. The largest absolute Gasteiger partial charge is 0.465 e. The summed E-state index contributed by atoms with van der Waals surface area (Å²) in [5, 5.41) is 0. The van der Waals surface area contributed by atoms with Gasteiger partial charge in [0.25, 0.3) is 0 Å². The first-order valence-electron chi connectivity index (χ1n) is 8.88. The third-order valence-electron chi connectivity index (χ3n) is 6.39. The Morgan fingerprint density at radius 3 is 1.75 bits per heavy atom. The molecule has 1 unspecified atom stereocenters. The minimum Gasteiger partial charge on any atom is -0.465 e. The lowest BCUT2D eigenvalue weighted by Crippen LogP contribution is -2.32. The van der Waals surface area contributed by atoms with Gasteiger partial charge in [0.1, 0.15) is 0 Å². The summed E-state index contributed by atoms with van der Waals surface area (Å²) < 4.78 is 5.26. The maximum Gasteiger partial charge on any atom is 0.305 e. The minimum absolute atomic E-state index is 0.0197. The van der Waals surface area contributed by atoms with Gasteiger partial charge in [-0.1, -0.05) is 19.8 Å². The zero-order valence-electron chi connectivity index (χ0n) is 13.0. The van der Waals surface area contributed by atoms with Crippen LogP contribution in [0, 0.1) is 29.6 Å². The Balaban J connectivity index is 1.44. The Morgan fingerprint density at radius 1 is 0.750 bits per heavy atom. The molecular weight excluding hydrogens is 248 g/mol. The molecule has 2 aliphatic carbocycles. The summed E-state index contributed by atoms with van der Waals surface area (Å²) in [5.41, 5.74) is 0. The molecule has 0 aromatic rings. The molecule has 1 atom stereocenters. The number of esters is 1. The molecule has 0 radical (unpaired) electrons. The van der Waals surface area contributed by atoms with Crippen molar-refractivity contribution >= 4 is 5.97 Å². The lowest BCUT2D eigenvalue weighted by Gasteiger charge is -2.40. The van der Waals surface area contributed by atoms with Gasteiger partial charge in [0.05, 0.1) is 6.61 Å². The molecule has 3 fully saturated rings. The van der Waals surface area contributed by atoms with Crippen LogP contribution in [-0.2, 0) is 9.53 Å². The van der Waals surface area contributed by atoms with Gasteiger partial charge < -0.3 is 4.74 Å². The molecular formula is C18H30O2. The van der Waals surface area contributed by atoms with Crippen molar-refractivity contribution in [1.82, 2.24) is 0 Å². The van der Waals surface area contributed by atoms with E-state index in [1.54, 1.807) is 0 Å². The van der Waals surface area contributed by atoms with Crippen LogP contribution in [0.25, 0.3) is 0 Å². The van der Waals surface area contributed by atoms with E-state index in [4.69, 9.17) is 4.74 Å². The molecule has 1 heterocycles. The number of hydrogen-bond donors (Lipinski definition) is 0. The molecule has 2 heteroatoms. The molecule has 1 aliphatic heterocycles. The molecule has 2 nitrogen and oxygen atoms in total. The average Bonchev–Trinajstić information content (AvgIpc) is 2.49. The van der Waals surface area contributed by atoms with Crippen LogP contribution in [-0.4, -0.2) is 12.6 Å². The van der Waals surface area contributed by atoms with E-state index in [1.165, 1.54) is 51.4 Å². The molecule has 3 rings (SSSR count). The molecule has 20 heavy (non-hydrogen) atoms. The molecule has 0 aromatic carbocycles. The highest BCUT2D eigenvalue weighted by molar-refractivity contribution is 5.69. The first-order valence-corrected chi connectivity index (χ1v) is 8.88. The van der Waals surface area contributed by atoms with Gasteiger partial charge in [-0.2, -0.15) is 0 Å². The van der Waals surface area contributed by atoms with Crippen molar-refractivity contribution in [1.29, 1.82) is 0 Å². The van der Waals surface area contributed by atoms with Crippen LogP contribution < -0.4 is 0 Å². The van der Waals surface area contributed by atoms with Crippen molar-refractivity contribution in [2.75, 3.05) is 6.61 Å². The van der Waals surface area contributed by atoms with E-state index >= 15 is 0 Å². The molecule has 0 amide bonds. The van der Waals surface area contributed by atoms with Crippen LogP contribution in [0.2, 0.25) is 0 Å². The van der Waals surface area contributed by atoms with E-state index < -0.39 is 0 Å². The van der Waals surface area contributed by atoms with Crippen molar-refractivity contribution in [3.63, 3.8) is 0 Å². The first kappa shape index (κ1) is 14.4. The zero-order valence-corrected chi connectivity index (χ0v) is 13.0. The van der Waals surface area contributed by atoms with Gasteiger partial charge in [-0.3, -0.25) is 4.79 Å². The molecule has 3 aliphatic rings. The van der Waals surface area contributed by atoms with E-state index in [1.807, 2.05) is 0 Å². The van der Waals surface area contributed by atoms with Crippen molar-refractivity contribution in [2.24, 2.45) is 29.6 Å². The number of ether oxygens (including phenoxy) is 1. The van der Waals surface area contributed by atoms with E-state index in [-0.39, 0.29) is 5.97 Å². The fraction of sp³-hybridized carbons (Fsp3) is 0.944. The van der Waals surface area contributed by atoms with Crippen molar-refractivity contribution in [3.8, 4) is 0 Å². The van der Waals surface area contributed by atoms with Crippen LogP contribution in [0.1, 0.15) is 71.1 Å². The first-order chi connectivity index (χ1) is 9.72. The van der Waals surface area contributed by atoms with Crippen LogP contribution in [0.5, 0.6) is 0 Å². The Bertz CT molecular complexity index is 312. The fourth-order valence-corrected chi connectivity index (χ4v) is 4.88. The van der Waals surface area contributed by atoms with Crippen LogP contribution >= 0.6 is 0 Å². The lowest BCUT2D eigenvalue weighted by molar-refractivity contribution is -0.151. The number of cyclic esters (lactones) is 1. The normalized spacial score (nSPS) is 43.0. The zero-order chi connectivity index (χ0) is 13.9. The molecule has 1 saturated heterocycles. The summed E-state index contributed by atoms with van der Waals surface area (Å²) in [5.74, 6) is 4.52. The van der Waals surface area contributed by atoms with Crippen LogP contribution in [0.4, 0.5) is 0 Å². The second-order valence-electron chi connectivity index (χ2n) is 7.68. The highest BCUT2D eigenvalue weighted by Crippen LogP contribution is 2.43. The summed E-state index contributed by atoms with van der Waals surface area (Å²) >= 11 is 0. The highest BCUT2D eigenvalue weighted by Gasteiger charge is 2.34. The molecule has 0 aromatic heterocycles. The Hall–Kier alpha value is -0.530. The number of rotatable bonds is 2. The third kappa shape index (κ3) is 3.38. The average molecular weight is 278 g/mol. The Labute approximate surface area is 123 Å². The second kappa shape index (κ2) is 6.49. The van der Waals surface area contributed by atoms with E-state index in [2.05, 4.69) is 6.92 Å². The van der Waals surface area contributed by atoms with Crippen molar-refractivity contribution < 1.29 is 9.53 Å². The predicted octanol–water partition coefficient (Wildman–Crippen LogP) is 4.57. The standard InChI is InChI=1S/C18H30O2/c1-13-2-4-14(5-3-13)15-6-8-16(9-7-15)17-10-11-18(19)20-12-17/h13-17H,2-12H2,1H3. The van der Waals surface area contributed by atoms with Gasteiger partial charge in [-0.15, -0.1) is 0 Å². The Morgan fingerprint density at radius 2 is 1.25 bits per heavy atom. The molecule has 114 valence electrons. The predicted molar refractivity (Wildman–Crippen MR) is 80.3 cm³/mol. The van der Waals surface area contributed by atoms with Gasteiger partial charge >= 0.3 is 5.97 Å². The number of carbonyl (C=O) groups excluding carboxylic acids is 1. The van der Waals surface area contributed by atoms with E-state index in [0.717, 1.165) is 30.1 Å². The summed E-state index contributed by atoms with van der Waals surface area (Å²) in [6, 6.07) is 0. The maximum atomic E-state index is 11.2. The Kier molecular flexibility index (Phi) is 4.68. The quantitative estimate of drug-likeness (QED) is 0.691. The number of carbonyl (C=O) groups is 1. The molecule has 0 bridgehead atoms. The molecule has 2 saturated carbocycles. The van der Waals surface area contributed by atoms with Crippen molar-refractivity contribution in [3.05, 3.63) is 0 Å². The monoisotopic (exact) mass is 278 g/mol. The molecule has 0 N–H and O–H groups in total. The van der Waals surface area contributed by atoms with Gasteiger partial charge in [0.2, 0.25) is 0 Å². The lowest BCUT2D eigenvalue weighted by atomic mass is 9.67. The van der Waals surface area contributed by atoms with Gasteiger partial charge in [-0.25, -0.2) is 0 Å². The van der Waals surface area contributed by atoms with Gasteiger partial charge in [-0.05, 0) is 74.5 Å². The summed E-state index contributed by atoms with van der Waals surface area (Å²) in [6.07, 6.45) is 13.3. The summed E-state index contributed by atoms with van der Waals surface area (Å²) in [7, 11) is 0. The SMILES string of the molecule is CC1CCC(C2CCC(C3CCC(=O)OC3)CC2)CC1. The fourth-order valence-electron chi connectivity index (χ4n) is 4.88. The smallest absolute Gasteiger partial charge is 0.305 e. The topological polar surface area (TPSA) is 26.3 Å². The van der Waals surface area contributed by atoms with Crippen LogP contribution in [0.3, 0.4) is 0 Å². The maximum absolute atomic E-state index is 11.2. The van der Waals surface area contributed by atoms with Gasteiger partial charge in [0, 0.05) is 6.42 Å². The second-order valence-corrected chi connectivity index (χ2v) is 7.68. The number of hydrogen-bond acceptors (Lipinski definition) is 2. The minimum atomic E-state index is 0.0197. The van der Waals surface area contributed by atoms with E-state index in [0.29, 0.717) is 18.9 Å². The van der Waals surface area contributed by atoms with Crippen LogP contribution in [0.15, 0.2) is 0 Å². The highest BCUT2D eigenvalue weighted by atomic mass is 16.5. The van der Waals surface area contributed by atoms with Gasteiger partial charge in [0.15, 0.2) is 0 Å². The van der Waals surface area contributed by atoms with E-state index in [9.17, 15) is 4.79 Å². The molecule has 0 spiro atoms. The summed E-state index contributed by atoms with van der Waals surface area (Å²) in [6.45, 7) is 3.12.